The molecule has 0 unspecified atom stereocenters. The first-order valence-electron chi connectivity index (χ1n) is 20.2. The van der Waals surface area contributed by atoms with Crippen LogP contribution in [0.1, 0.15) is 57.6 Å². The van der Waals surface area contributed by atoms with Crippen LogP contribution in [0.15, 0.2) is 60.9 Å². The molecule has 8 rings (SSSR count). The second-order valence-electron chi connectivity index (χ2n) is 15.7. The van der Waals surface area contributed by atoms with Crippen LogP contribution in [0.4, 0.5) is 32.5 Å². The average molecular weight is 824 g/mol. The number of likely N-dealkylation sites (tertiary alicyclic amines) is 1. The lowest BCUT2D eigenvalue weighted by molar-refractivity contribution is -0.123. The number of nitrogens with one attached hydrogen (secondary N) is 2. The van der Waals surface area contributed by atoms with Crippen molar-refractivity contribution in [3.63, 3.8) is 0 Å². The number of piperazine rings is 1. The van der Waals surface area contributed by atoms with Gasteiger partial charge in [0.1, 0.15) is 11.9 Å². The molecule has 2 atom stereocenters. The number of fused-ring (bicyclic) bond motifs is 1. The standard InChI is InChI=1S/C41H48ClN11O3.CH2O2/c1-27-25-52(28(2)24-51(27)33-8-6-30(21-43)35(42)20-33)40(55)46-31-7-9-38(44-22-31)49-17-10-29(11-18-49)26-48-15-12-32(13-16-48)53-37-5-3-4-36(34(37)23-45-53)50-19-14-39(54)47-41(50)56;2-1-3/h3-9,20,22-23,27-29,32H,10-19,24-26H2,1-2H3,(H,46,55)(H,47,54,56);1H,(H,2,3)/t27-,28+;/m1./s1. The van der Waals surface area contributed by atoms with Crippen LogP contribution < -0.4 is 25.3 Å². The van der Waals surface area contributed by atoms with Gasteiger partial charge in [-0.15, -0.1) is 0 Å². The summed E-state index contributed by atoms with van der Waals surface area (Å²) in [5, 5.41) is 27.8. The summed E-state index contributed by atoms with van der Waals surface area (Å²) < 4.78 is 2.13. The van der Waals surface area contributed by atoms with Crippen molar-refractivity contribution in [1.82, 2.24) is 29.9 Å². The number of piperidine rings is 2. The van der Waals surface area contributed by atoms with Crippen LogP contribution >= 0.6 is 11.6 Å². The van der Waals surface area contributed by atoms with Crippen molar-refractivity contribution in [2.45, 2.75) is 64.1 Å². The zero-order chi connectivity index (χ0) is 41.6. The zero-order valence-corrected chi connectivity index (χ0v) is 34.1. The molecule has 3 N–H and O–H groups in total. The number of nitriles is 1. The van der Waals surface area contributed by atoms with Crippen molar-refractivity contribution in [3.05, 3.63) is 71.5 Å². The molecule has 5 amide bonds. The first-order valence-corrected chi connectivity index (χ1v) is 20.6. The molecule has 2 aromatic heterocycles. The quantitative estimate of drug-likeness (QED) is 0.192. The molecule has 0 saturated carbocycles. The van der Waals surface area contributed by atoms with E-state index in [1.165, 1.54) is 0 Å². The molecule has 310 valence electrons. The van der Waals surface area contributed by atoms with Gasteiger partial charge in [0.15, 0.2) is 0 Å². The molecule has 0 bridgehead atoms. The lowest BCUT2D eigenvalue weighted by atomic mass is 9.94. The van der Waals surface area contributed by atoms with Crippen molar-refractivity contribution in [2.24, 2.45) is 5.92 Å². The first kappa shape index (κ1) is 41.2. The van der Waals surface area contributed by atoms with Gasteiger partial charge in [0.25, 0.3) is 6.47 Å². The van der Waals surface area contributed by atoms with E-state index in [4.69, 9.17) is 31.6 Å². The Labute approximate surface area is 348 Å². The zero-order valence-electron chi connectivity index (χ0n) is 33.3. The van der Waals surface area contributed by atoms with Crippen LogP contribution in [0, 0.1) is 17.2 Å². The van der Waals surface area contributed by atoms with Crippen molar-refractivity contribution >= 4 is 69.8 Å². The third-order valence-corrected chi connectivity index (χ3v) is 12.3. The third kappa shape index (κ3) is 9.21. The van der Waals surface area contributed by atoms with Crippen LogP contribution in [0.5, 0.6) is 0 Å². The molecule has 0 spiro atoms. The number of imide groups is 1. The van der Waals surface area contributed by atoms with Gasteiger partial charge in [-0.25, -0.2) is 14.6 Å². The number of pyridine rings is 1. The number of hydrogen-bond donors (Lipinski definition) is 3. The number of carbonyl (C=O) groups is 4. The van der Waals surface area contributed by atoms with Crippen LogP contribution in [0.25, 0.3) is 10.9 Å². The van der Waals surface area contributed by atoms with Gasteiger partial charge in [-0.1, -0.05) is 17.7 Å². The molecule has 16 nitrogen and oxygen atoms in total. The Bertz CT molecular complexity index is 2190. The number of carboxylic acid groups (broad SMARTS) is 1. The summed E-state index contributed by atoms with van der Waals surface area (Å²) in [5.41, 5.74) is 3.89. The number of nitrogens with zero attached hydrogens (tertiary/aromatic N) is 9. The molecule has 4 aliphatic heterocycles. The van der Waals surface area contributed by atoms with Gasteiger partial charge >= 0.3 is 12.1 Å². The fraction of sp³-hybridized carbons (Fsp3) is 0.452. The molecule has 6 heterocycles. The molecule has 2 aromatic carbocycles. The number of carbonyl (C=O) groups excluding carboxylic acids is 3. The van der Waals surface area contributed by atoms with Gasteiger partial charge in [0.2, 0.25) is 5.91 Å². The lowest BCUT2D eigenvalue weighted by Gasteiger charge is -2.45. The van der Waals surface area contributed by atoms with E-state index in [1.54, 1.807) is 17.2 Å². The smallest absolute Gasteiger partial charge is 0.328 e. The highest BCUT2D eigenvalue weighted by molar-refractivity contribution is 6.32. The Morgan fingerprint density at radius 2 is 1.76 bits per heavy atom. The Hall–Kier alpha value is -5.92. The predicted octanol–water partition coefficient (Wildman–Crippen LogP) is 5.79. The summed E-state index contributed by atoms with van der Waals surface area (Å²) in [4.78, 5) is 61.4. The van der Waals surface area contributed by atoms with Gasteiger partial charge in [0.05, 0.1) is 45.9 Å². The first-order chi connectivity index (χ1) is 28.6. The van der Waals surface area contributed by atoms with Crippen molar-refractivity contribution in [1.29, 1.82) is 5.26 Å². The average Bonchev–Trinajstić information content (AvgIpc) is 3.67. The molecular formula is C42H50ClN11O5. The Morgan fingerprint density at radius 3 is 2.44 bits per heavy atom. The summed E-state index contributed by atoms with van der Waals surface area (Å²) in [6.45, 7) is 10.5. The minimum absolute atomic E-state index is 0.0298. The van der Waals surface area contributed by atoms with E-state index >= 15 is 0 Å². The van der Waals surface area contributed by atoms with Gasteiger partial charge < -0.3 is 30.0 Å². The molecule has 4 aliphatic rings. The van der Waals surface area contributed by atoms with E-state index in [2.05, 4.69) is 49.1 Å². The molecule has 4 saturated heterocycles. The van der Waals surface area contributed by atoms with Crippen LogP contribution in [0.3, 0.4) is 0 Å². The molecule has 17 heteroatoms. The number of amides is 5. The highest BCUT2D eigenvalue weighted by Crippen LogP contribution is 2.33. The fourth-order valence-corrected chi connectivity index (χ4v) is 9.03. The molecular weight excluding hydrogens is 774 g/mol. The second-order valence-corrected chi connectivity index (χ2v) is 16.1. The van der Waals surface area contributed by atoms with E-state index in [-0.39, 0.29) is 36.5 Å². The minimum atomic E-state index is -0.378. The number of rotatable bonds is 7. The summed E-state index contributed by atoms with van der Waals surface area (Å²) in [7, 11) is 0. The number of hydrogen-bond acceptors (Lipinski definition) is 10. The second kappa shape index (κ2) is 18.3. The number of halogens is 1. The van der Waals surface area contributed by atoms with Gasteiger partial charge in [-0.05, 0) is 87.9 Å². The van der Waals surface area contributed by atoms with Crippen LogP contribution in [0.2, 0.25) is 5.02 Å². The predicted molar refractivity (Wildman–Crippen MR) is 226 cm³/mol. The van der Waals surface area contributed by atoms with E-state index in [0.717, 1.165) is 86.5 Å². The summed E-state index contributed by atoms with van der Waals surface area (Å²) >= 11 is 6.31. The number of anilines is 4. The Balaban J connectivity index is 0.00000171. The highest BCUT2D eigenvalue weighted by atomic mass is 35.5. The van der Waals surface area contributed by atoms with Gasteiger partial charge in [-0.3, -0.25) is 24.5 Å². The SMILES string of the molecule is C[C@@H]1CN(C(=O)Nc2ccc(N3CCC(CN4CCC(n5ncc6c(N7CCC(=O)NC7=O)cccc65)CC4)CC3)nc2)[C@@H](C)CN1c1ccc(C#N)c(Cl)c1.O=CO. The summed E-state index contributed by atoms with van der Waals surface area (Å²) in [6, 6.07) is 17.3. The fourth-order valence-electron chi connectivity index (χ4n) is 8.82. The molecule has 0 radical (unpaired) electrons. The van der Waals surface area contributed by atoms with Crippen molar-refractivity contribution in [2.75, 3.05) is 72.4 Å². The Morgan fingerprint density at radius 1 is 1.00 bits per heavy atom. The van der Waals surface area contributed by atoms with Crippen LogP contribution in [-0.4, -0.2) is 119 Å². The third-order valence-electron chi connectivity index (χ3n) is 12.0. The lowest BCUT2D eigenvalue weighted by Crippen LogP contribution is -2.59. The minimum Gasteiger partial charge on any atom is -0.483 e. The maximum atomic E-state index is 13.4. The summed E-state index contributed by atoms with van der Waals surface area (Å²) in [5.74, 6) is 1.33. The maximum absolute atomic E-state index is 13.4. The van der Waals surface area contributed by atoms with Crippen molar-refractivity contribution in [3.8, 4) is 6.07 Å². The summed E-state index contributed by atoms with van der Waals surface area (Å²) in [6.07, 6.45) is 8.16. The topological polar surface area (TPSA) is 183 Å². The van der Waals surface area contributed by atoms with E-state index in [1.807, 2.05) is 54.4 Å². The van der Waals surface area contributed by atoms with Gasteiger partial charge in [-0.2, -0.15) is 10.4 Å². The number of benzene rings is 2. The highest BCUT2D eigenvalue weighted by Gasteiger charge is 2.33. The van der Waals surface area contributed by atoms with Crippen LogP contribution in [-0.2, 0) is 9.59 Å². The number of urea groups is 2. The van der Waals surface area contributed by atoms with E-state index in [0.29, 0.717) is 54.3 Å². The molecule has 4 aromatic rings. The Kier molecular flexibility index (Phi) is 12.8. The van der Waals surface area contributed by atoms with E-state index in [9.17, 15) is 19.6 Å². The van der Waals surface area contributed by atoms with Gasteiger partial charge in [0, 0.05) is 81.9 Å². The number of aromatic nitrogens is 3. The maximum Gasteiger partial charge on any atom is 0.328 e. The monoisotopic (exact) mass is 823 g/mol. The van der Waals surface area contributed by atoms with E-state index < -0.39 is 0 Å². The molecule has 4 fully saturated rings. The normalized spacial score (nSPS) is 20.8. The van der Waals surface area contributed by atoms with Crippen molar-refractivity contribution < 1.29 is 24.3 Å². The molecule has 0 aliphatic carbocycles. The molecule has 59 heavy (non-hydrogen) atoms. The largest absolute Gasteiger partial charge is 0.483 e.